The zero-order valence-electron chi connectivity index (χ0n) is 11.9. The Kier molecular flexibility index (Phi) is 5.31. The van der Waals surface area contributed by atoms with Gasteiger partial charge in [0.25, 0.3) is 0 Å². The zero-order chi connectivity index (χ0) is 15.2. The summed E-state index contributed by atoms with van der Waals surface area (Å²) >= 11 is 1.34. The van der Waals surface area contributed by atoms with E-state index in [1.807, 2.05) is 11.0 Å². The van der Waals surface area contributed by atoms with Gasteiger partial charge in [-0.05, 0) is 30.8 Å². The molecule has 0 aliphatic carbocycles. The number of nitrogens with one attached hydrogen (secondary N) is 2. The van der Waals surface area contributed by atoms with E-state index in [2.05, 4.69) is 10.6 Å². The first-order valence-electron chi connectivity index (χ1n) is 6.88. The molecule has 1 saturated heterocycles. The smallest absolute Gasteiger partial charge is 0.237 e. The Balaban J connectivity index is 1.84. The van der Waals surface area contributed by atoms with Crippen molar-refractivity contribution < 1.29 is 9.59 Å². The minimum absolute atomic E-state index is 0.0120. The molecule has 1 fully saturated rings. The Morgan fingerprint density at radius 1 is 1.57 bits per heavy atom. The predicted octanol–water partition coefficient (Wildman–Crippen LogP) is 1.16. The molecular weight excluding hydrogens is 288 g/mol. The van der Waals surface area contributed by atoms with Gasteiger partial charge in [0.05, 0.1) is 11.6 Å². The third kappa shape index (κ3) is 3.80. The normalized spacial score (nSPS) is 18.2. The van der Waals surface area contributed by atoms with Crippen LogP contribution < -0.4 is 10.6 Å². The molecule has 1 aromatic heterocycles. The van der Waals surface area contributed by atoms with Gasteiger partial charge in [-0.3, -0.25) is 14.5 Å². The van der Waals surface area contributed by atoms with Crippen LogP contribution in [-0.4, -0.2) is 42.9 Å². The maximum absolute atomic E-state index is 11.9. The number of nitrogens with zero attached hydrogens (tertiary/aromatic N) is 2. The van der Waals surface area contributed by atoms with E-state index in [9.17, 15) is 9.59 Å². The molecule has 1 unspecified atom stereocenters. The van der Waals surface area contributed by atoms with E-state index in [1.165, 1.54) is 11.3 Å². The summed E-state index contributed by atoms with van der Waals surface area (Å²) in [6.45, 7) is 1.39. The molecule has 1 aliphatic rings. The first-order valence-corrected chi connectivity index (χ1v) is 7.76. The highest BCUT2D eigenvalue weighted by molar-refractivity contribution is 7.14. The molecule has 0 saturated carbocycles. The zero-order valence-corrected chi connectivity index (χ0v) is 12.7. The van der Waals surface area contributed by atoms with Crippen molar-refractivity contribution in [2.75, 3.05) is 25.5 Å². The summed E-state index contributed by atoms with van der Waals surface area (Å²) in [6, 6.07) is 3.60. The number of hydrogen-bond donors (Lipinski definition) is 2. The van der Waals surface area contributed by atoms with Crippen molar-refractivity contribution in [2.45, 2.75) is 25.3 Å². The Bertz CT molecular complexity index is 564. The highest BCUT2D eigenvalue weighted by atomic mass is 32.1. The van der Waals surface area contributed by atoms with Crippen LogP contribution in [0.25, 0.3) is 0 Å². The summed E-state index contributed by atoms with van der Waals surface area (Å²) in [5.41, 5.74) is 0.484. The van der Waals surface area contributed by atoms with Crippen LogP contribution in [0.2, 0.25) is 0 Å². The van der Waals surface area contributed by atoms with Gasteiger partial charge >= 0.3 is 0 Å². The van der Waals surface area contributed by atoms with Gasteiger partial charge in [-0.25, -0.2) is 0 Å². The summed E-state index contributed by atoms with van der Waals surface area (Å²) in [5, 5.41) is 16.7. The maximum atomic E-state index is 11.9. The second-order valence-electron chi connectivity index (χ2n) is 4.88. The quantitative estimate of drug-likeness (QED) is 0.855. The average molecular weight is 306 g/mol. The second-order valence-corrected chi connectivity index (χ2v) is 5.80. The summed E-state index contributed by atoms with van der Waals surface area (Å²) in [4.78, 5) is 25.7. The van der Waals surface area contributed by atoms with Crippen LogP contribution in [-0.2, 0) is 9.59 Å². The monoisotopic (exact) mass is 306 g/mol. The molecule has 2 heterocycles. The van der Waals surface area contributed by atoms with E-state index in [1.54, 1.807) is 18.5 Å². The number of thiophene rings is 1. The molecule has 1 atom stereocenters. The van der Waals surface area contributed by atoms with Crippen LogP contribution in [0.3, 0.4) is 0 Å². The van der Waals surface area contributed by atoms with Crippen LogP contribution in [0.15, 0.2) is 11.4 Å². The van der Waals surface area contributed by atoms with Crippen LogP contribution in [0, 0.1) is 11.3 Å². The Hall–Kier alpha value is -1.91. The molecular formula is C14H18N4O2S. The SMILES string of the molecule is CNC(=O)C1CCCN1CCC(=O)Nc1sccc1C#N. The molecule has 2 rings (SSSR count). The van der Waals surface area contributed by atoms with E-state index in [-0.39, 0.29) is 17.9 Å². The number of amides is 2. The van der Waals surface area contributed by atoms with Crippen molar-refractivity contribution in [2.24, 2.45) is 0 Å². The summed E-state index contributed by atoms with van der Waals surface area (Å²) in [7, 11) is 1.63. The van der Waals surface area contributed by atoms with Crippen LogP contribution in [0.5, 0.6) is 0 Å². The van der Waals surface area contributed by atoms with Gasteiger partial charge < -0.3 is 10.6 Å². The lowest BCUT2D eigenvalue weighted by Crippen LogP contribution is -2.42. The fraction of sp³-hybridized carbons (Fsp3) is 0.500. The lowest BCUT2D eigenvalue weighted by molar-refractivity contribution is -0.125. The first kappa shape index (κ1) is 15.5. The lowest BCUT2D eigenvalue weighted by Gasteiger charge is -2.22. The number of likely N-dealkylation sites (N-methyl/N-ethyl adjacent to an activating group) is 1. The van der Waals surface area contributed by atoms with Crippen molar-refractivity contribution in [3.05, 3.63) is 17.0 Å². The fourth-order valence-corrected chi connectivity index (χ4v) is 3.24. The van der Waals surface area contributed by atoms with E-state index in [0.717, 1.165) is 19.4 Å². The van der Waals surface area contributed by atoms with Crippen LogP contribution >= 0.6 is 11.3 Å². The van der Waals surface area contributed by atoms with Crippen molar-refractivity contribution in [3.8, 4) is 6.07 Å². The van der Waals surface area contributed by atoms with Gasteiger partial charge in [0.15, 0.2) is 0 Å². The standard InChI is InChI=1S/C14H18N4O2S/c1-16-13(20)11-3-2-6-18(11)7-4-12(19)17-14-10(9-15)5-8-21-14/h5,8,11H,2-4,6-7H2,1H3,(H,16,20)(H,17,19). The van der Waals surface area contributed by atoms with E-state index < -0.39 is 0 Å². The first-order chi connectivity index (χ1) is 10.2. The van der Waals surface area contributed by atoms with E-state index in [0.29, 0.717) is 23.5 Å². The van der Waals surface area contributed by atoms with E-state index >= 15 is 0 Å². The molecule has 6 nitrogen and oxygen atoms in total. The summed E-state index contributed by atoms with van der Waals surface area (Å²) in [5.74, 6) is -0.116. The summed E-state index contributed by atoms with van der Waals surface area (Å²) < 4.78 is 0. The number of likely N-dealkylation sites (tertiary alicyclic amines) is 1. The van der Waals surface area contributed by atoms with E-state index in [4.69, 9.17) is 5.26 Å². The molecule has 112 valence electrons. The summed E-state index contributed by atoms with van der Waals surface area (Å²) in [6.07, 6.45) is 2.13. The molecule has 7 heteroatoms. The van der Waals surface area contributed by atoms with Gasteiger partial charge in [-0.1, -0.05) is 0 Å². The van der Waals surface area contributed by atoms with Gasteiger partial charge in [-0.15, -0.1) is 11.3 Å². The molecule has 0 aromatic carbocycles. The van der Waals surface area contributed by atoms with Gasteiger partial charge in [0, 0.05) is 20.0 Å². The fourth-order valence-electron chi connectivity index (χ4n) is 2.49. The second kappa shape index (κ2) is 7.20. The number of anilines is 1. The topological polar surface area (TPSA) is 85.2 Å². The van der Waals surface area contributed by atoms with Crippen molar-refractivity contribution in [1.29, 1.82) is 5.26 Å². The molecule has 1 aliphatic heterocycles. The number of rotatable bonds is 5. The molecule has 2 N–H and O–H groups in total. The molecule has 2 amide bonds. The maximum Gasteiger partial charge on any atom is 0.237 e. The largest absolute Gasteiger partial charge is 0.358 e. The van der Waals surface area contributed by atoms with Crippen molar-refractivity contribution in [1.82, 2.24) is 10.2 Å². The van der Waals surface area contributed by atoms with Crippen molar-refractivity contribution in [3.63, 3.8) is 0 Å². The van der Waals surface area contributed by atoms with Gasteiger partial charge in [0.1, 0.15) is 11.1 Å². The molecule has 21 heavy (non-hydrogen) atoms. The van der Waals surface area contributed by atoms with Gasteiger partial charge in [0.2, 0.25) is 11.8 Å². The van der Waals surface area contributed by atoms with Crippen molar-refractivity contribution >= 4 is 28.2 Å². The Labute approximate surface area is 127 Å². The number of carbonyl (C=O) groups is 2. The van der Waals surface area contributed by atoms with Crippen LogP contribution in [0.1, 0.15) is 24.8 Å². The average Bonchev–Trinajstić information content (AvgIpc) is 3.12. The number of hydrogen-bond acceptors (Lipinski definition) is 5. The third-order valence-electron chi connectivity index (χ3n) is 3.58. The minimum atomic E-state index is -0.128. The number of nitriles is 1. The number of carbonyl (C=O) groups excluding carboxylic acids is 2. The lowest BCUT2D eigenvalue weighted by atomic mass is 10.2. The minimum Gasteiger partial charge on any atom is -0.358 e. The Morgan fingerprint density at radius 3 is 3.10 bits per heavy atom. The highest BCUT2D eigenvalue weighted by Gasteiger charge is 2.29. The molecule has 0 bridgehead atoms. The molecule has 0 spiro atoms. The highest BCUT2D eigenvalue weighted by Crippen LogP contribution is 2.22. The van der Waals surface area contributed by atoms with Crippen LogP contribution in [0.4, 0.5) is 5.00 Å². The van der Waals surface area contributed by atoms with Gasteiger partial charge in [-0.2, -0.15) is 5.26 Å². The predicted molar refractivity (Wildman–Crippen MR) is 80.9 cm³/mol. The molecule has 0 radical (unpaired) electrons. The third-order valence-corrected chi connectivity index (χ3v) is 4.41. The molecule has 1 aromatic rings. The Morgan fingerprint density at radius 2 is 2.38 bits per heavy atom.